The summed E-state index contributed by atoms with van der Waals surface area (Å²) in [6.07, 6.45) is -2.82. The Morgan fingerprint density at radius 2 is 1.66 bits per heavy atom. The molecule has 3 rings (SSSR count). The van der Waals surface area contributed by atoms with Crippen molar-refractivity contribution < 1.29 is 22.6 Å². The van der Waals surface area contributed by atoms with Gasteiger partial charge in [0.1, 0.15) is 18.1 Å². The van der Waals surface area contributed by atoms with Crippen molar-refractivity contribution in [3.8, 4) is 22.8 Å². The van der Waals surface area contributed by atoms with E-state index in [-0.39, 0.29) is 17.4 Å². The Kier molecular flexibility index (Phi) is 7.34. The lowest BCUT2D eigenvalue weighted by molar-refractivity contribution is -0.137. The van der Waals surface area contributed by atoms with Crippen molar-refractivity contribution in [2.75, 3.05) is 7.11 Å². The topological polar surface area (TPSA) is 31.4 Å². The van der Waals surface area contributed by atoms with Gasteiger partial charge in [0.15, 0.2) is 0 Å². The fraction of sp³-hybridized carbons (Fsp3) is 0.320. The maximum Gasteiger partial charge on any atom is 0.417 e. The van der Waals surface area contributed by atoms with Crippen LogP contribution in [0, 0.1) is 6.92 Å². The van der Waals surface area contributed by atoms with Gasteiger partial charge in [0.2, 0.25) is 0 Å². The molecule has 0 aliphatic heterocycles. The maximum atomic E-state index is 13.1. The molecule has 0 saturated carbocycles. The number of nitrogens with zero attached hydrogens (tertiary/aromatic N) is 1. The van der Waals surface area contributed by atoms with Gasteiger partial charge in [-0.15, -0.1) is 0 Å². The molecule has 0 spiro atoms. The normalized spacial score (nSPS) is 11.5. The van der Waals surface area contributed by atoms with Crippen LogP contribution < -0.4 is 9.47 Å². The van der Waals surface area contributed by atoms with Gasteiger partial charge < -0.3 is 9.47 Å². The lowest BCUT2D eigenvalue weighted by Crippen LogP contribution is -2.08. The smallest absolute Gasteiger partial charge is 0.417 e. The molecule has 32 heavy (non-hydrogen) atoms. The van der Waals surface area contributed by atoms with Gasteiger partial charge in [0, 0.05) is 17.3 Å². The average Bonchev–Trinajstić information content (AvgIpc) is 2.77. The largest absolute Gasteiger partial charge is 0.496 e. The van der Waals surface area contributed by atoms with Crippen molar-refractivity contribution in [3.05, 3.63) is 75.4 Å². The number of ether oxygens (including phenoxy) is 2. The number of hydrogen-bond acceptors (Lipinski definition) is 3. The third kappa shape index (κ3) is 5.01. The van der Waals surface area contributed by atoms with E-state index in [1.165, 1.54) is 23.3 Å². The van der Waals surface area contributed by atoms with Crippen molar-refractivity contribution in [3.63, 3.8) is 0 Å². The molecule has 0 atom stereocenters. The minimum atomic E-state index is -4.56. The molecule has 1 aromatic heterocycles. The first-order valence-electron chi connectivity index (χ1n) is 10.3. The summed E-state index contributed by atoms with van der Waals surface area (Å²) >= 11 is 5.69. The molecule has 2 aromatic carbocycles. The fourth-order valence-corrected chi connectivity index (χ4v) is 3.92. The summed E-state index contributed by atoms with van der Waals surface area (Å²) in [5.41, 5.74) is 4.73. The highest BCUT2D eigenvalue weighted by Gasteiger charge is 2.33. The van der Waals surface area contributed by atoms with E-state index in [1.54, 1.807) is 7.11 Å². The maximum absolute atomic E-state index is 13.1. The van der Waals surface area contributed by atoms with Crippen LogP contribution >= 0.6 is 11.6 Å². The van der Waals surface area contributed by atoms with Crippen LogP contribution in [0.2, 0.25) is 5.02 Å². The van der Waals surface area contributed by atoms with E-state index >= 15 is 0 Å². The first kappa shape index (κ1) is 23.9. The Labute approximate surface area is 191 Å². The van der Waals surface area contributed by atoms with Crippen LogP contribution in [0.1, 0.15) is 41.8 Å². The highest BCUT2D eigenvalue weighted by molar-refractivity contribution is 6.31. The van der Waals surface area contributed by atoms with Gasteiger partial charge in [-0.1, -0.05) is 43.6 Å². The van der Waals surface area contributed by atoms with Crippen LogP contribution in [-0.2, 0) is 25.6 Å². The van der Waals surface area contributed by atoms with Gasteiger partial charge >= 0.3 is 6.18 Å². The van der Waals surface area contributed by atoms with Gasteiger partial charge in [-0.2, -0.15) is 13.2 Å². The minimum absolute atomic E-state index is 0.0112. The summed E-state index contributed by atoms with van der Waals surface area (Å²) in [5.74, 6) is 0.641. The minimum Gasteiger partial charge on any atom is -0.496 e. The molecule has 0 aliphatic rings. The van der Waals surface area contributed by atoms with E-state index in [0.29, 0.717) is 17.0 Å². The van der Waals surface area contributed by atoms with Crippen LogP contribution in [0.4, 0.5) is 13.2 Å². The van der Waals surface area contributed by atoms with Crippen LogP contribution in [0.5, 0.6) is 11.5 Å². The second-order valence-corrected chi connectivity index (χ2v) is 7.77. The molecular weight excluding hydrogens is 439 g/mol. The Balaban J connectivity index is 1.96. The molecule has 0 fully saturated rings. The van der Waals surface area contributed by atoms with E-state index in [0.717, 1.165) is 30.2 Å². The number of alkyl halides is 3. The average molecular weight is 464 g/mol. The number of hydrogen-bond donors (Lipinski definition) is 0. The van der Waals surface area contributed by atoms with E-state index in [2.05, 4.69) is 32.0 Å². The summed E-state index contributed by atoms with van der Waals surface area (Å²) in [6.45, 7) is 6.06. The molecule has 0 bridgehead atoms. The third-order valence-electron chi connectivity index (χ3n) is 5.39. The molecule has 0 amide bonds. The van der Waals surface area contributed by atoms with Crippen LogP contribution in [0.3, 0.4) is 0 Å². The van der Waals surface area contributed by atoms with Crippen LogP contribution in [0.15, 0.2) is 42.5 Å². The van der Waals surface area contributed by atoms with E-state index < -0.39 is 11.7 Å². The summed E-state index contributed by atoms with van der Waals surface area (Å²) in [5, 5.41) is -0.369. The molecule has 0 saturated heterocycles. The zero-order valence-corrected chi connectivity index (χ0v) is 19.2. The van der Waals surface area contributed by atoms with Gasteiger partial charge in [-0.05, 0) is 49.1 Å². The molecule has 3 nitrogen and oxygen atoms in total. The molecule has 3 aromatic rings. The predicted molar refractivity (Wildman–Crippen MR) is 121 cm³/mol. The van der Waals surface area contributed by atoms with Crippen molar-refractivity contribution in [2.45, 2.75) is 46.4 Å². The molecule has 170 valence electrons. The SMILES string of the molecule is CCc1cccc(CC)c1-c1cc(OC)c(COc2ccc(Cl)c(C(F)(F)F)c2)c(C)n1. The number of pyridine rings is 1. The number of rotatable bonds is 7. The van der Waals surface area contributed by atoms with Gasteiger partial charge in [0.25, 0.3) is 0 Å². The molecular formula is C25H25ClF3NO2. The highest BCUT2D eigenvalue weighted by atomic mass is 35.5. The monoisotopic (exact) mass is 463 g/mol. The van der Waals surface area contributed by atoms with Crippen LogP contribution in [-0.4, -0.2) is 12.1 Å². The zero-order chi connectivity index (χ0) is 23.5. The first-order valence-corrected chi connectivity index (χ1v) is 10.7. The van der Waals surface area contributed by atoms with E-state index in [1.807, 2.05) is 13.0 Å². The summed E-state index contributed by atoms with van der Waals surface area (Å²) in [7, 11) is 1.55. The number of aryl methyl sites for hydroxylation is 3. The van der Waals surface area contributed by atoms with Crippen LogP contribution in [0.25, 0.3) is 11.3 Å². The van der Waals surface area contributed by atoms with Crippen molar-refractivity contribution in [1.82, 2.24) is 4.98 Å². The second kappa shape index (κ2) is 9.82. The lowest BCUT2D eigenvalue weighted by Gasteiger charge is -2.18. The van der Waals surface area contributed by atoms with Gasteiger partial charge in [-0.25, -0.2) is 0 Å². The van der Waals surface area contributed by atoms with Gasteiger partial charge in [-0.3, -0.25) is 4.98 Å². The molecule has 1 heterocycles. The molecule has 0 unspecified atom stereocenters. The van der Waals surface area contributed by atoms with Gasteiger partial charge in [0.05, 0.1) is 29.0 Å². The molecule has 7 heteroatoms. The highest BCUT2D eigenvalue weighted by Crippen LogP contribution is 2.37. The predicted octanol–water partition coefficient (Wildman–Crippen LogP) is 7.44. The van der Waals surface area contributed by atoms with Crippen molar-refractivity contribution >= 4 is 11.6 Å². The molecule has 0 aliphatic carbocycles. The summed E-state index contributed by atoms with van der Waals surface area (Å²) in [4.78, 5) is 4.79. The number of aromatic nitrogens is 1. The molecule has 0 radical (unpaired) electrons. The first-order chi connectivity index (χ1) is 15.2. The second-order valence-electron chi connectivity index (χ2n) is 7.36. The summed E-state index contributed by atoms with van der Waals surface area (Å²) < 4.78 is 50.7. The molecule has 0 N–H and O–H groups in total. The number of halogens is 4. The van der Waals surface area contributed by atoms with Crippen molar-refractivity contribution in [2.24, 2.45) is 0 Å². The van der Waals surface area contributed by atoms with E-state index in [9.17, 15) is 13.2 Å². The number of methoxy groups -OCH3 is 1. The summed E-state index contributed by atoms with van der Waals surface area (Å²) in [6, 6.07) is 11.6. The fourth-order valence-electron chi connectivity index (χ4n) is 3.69. The zero-order valence-electron chi connectivity index (χ0n) is 18.4. The lowest BCUT2D eigenvalue weighted by atomic mass is 9.94. The quantitative estimate of drug-likeness (QED) is 0.365. The Morgan fingerprint density at radius 3 is 2.22 bits per heavy atom. The Bertz CT molecular complexity index is 1090. The number of benzene rings is 2. The Hall–Kier alpha value is -2.73. The Morgan fingerprint density at radius 1 is 1.00 bits per heavy atom. The standard InChI is InChI=1S/C25H25ClF3NO2/c1-5-16-8-7-9-17(6-2)24(16)22-13-23(31-4)19(15(3)30-22)14-32-18-10-11-21(26)20(12-18)25(27,28)29/h7-13H,5-6,14H2,1-4H3. The van der Waals surface area contributed by atoms with Crippen molar-refractivity contribution in [1.29, 1.82) is 0 Å². The third-order valence-corrected chi connectivity index (χ3v) is 5.72. The van der Waals surface area contributed by atoms with E-state index in [4.69, 9.17) is 26.1 Å².